The number of anilines is 2. The Morgan fingerprint density at radius 2 is 0.774 bits per heavy atom. The average Bonchev–Trinajstić information content (AvgIpc) is 1.70. The summed E-state index contributed by atoms with van der Waals surface area (Å²) < 4.78 is 47.6. The summed E-state index contributed by atoms with van der Waals surface area (Å²) in [5.41, 5.74) is 9.33. The van der Waals surface area contributed by atoms with E-state index in [1.807, 2.05) is 30.9 Å². The maximum atomic E-state index is 14.4. The van der Waals surface area contributed by atoms with E-state index in [9.17, 15) is 24.1 Å². The van der Waals surface area contributed by atoms with Gasteiger partial charge in [-0.1, -0.05) is 152 Å². The molecule has 18 rings (SSSR count). The van der Waals surface area contributed by atoms with Crippen LogP contribution in [0.25, 0.3) is 27.6 Å². The van der Waals surface area contributed by atoms with Crippen molar-refractivity contribution in [2.24, 2.45) is 0 Å². The Kier molecular flexibility index (Phi) is 25.8. The molecule has 0 spiro atoms. The molecule has 6 fully saturated rings. The van der Waals surface area contributed by atoms with Crippen molar-refractivity contribution in [3.63, 3.8) is 0 Å². The van der Waals surface area contributed by atoms with Gasteiger partial charge in [-0.05, 0) is 177 Å². The number of aromatic nitrogens is 10. The molecule has 115 heavy (non-hydrogen) atoms. The third-order valence-corrected chi connectivity index (χ3v) is 23.6. The maximum absolute atomic E-state index is 14.4. The summed E-state index contributed by atoms with van der Waals surface area (Å²) in [4.78, 5) is 30.8. The van der Waals surface area contributed by atoms with Gasteiger partial charge in [-0.2, -0.15) is 30.0 Å². The molecule has 6 aromatic heterocycles. The lowest BCUT2D eigenvalue weighted by atomic mass is 9.86. The molecule has 3 N–H and O–H groups in total. The van der Waals surface area contributed by atoms with Crippen molar-refractivity contribution in [1.82, 2.24) is 49.1 Å². The van der Waals surface area contributed by atoms with Crippen LogP contribution in [0.3, 0.4) is 0 Å². The second-order valence-electron chi connectivity index (χ2n) is 28.1. The molecular formula is C82H66Cl11F2N13O7. The number of pyridine rings is 2. The van der Waals surface area contributed by atoms with Gasteiger partial charge in [0.1, 0.15) is 58.7 Å². The SMILES string of the molecule is ClCc1c(C2CC2)cnn1-c1c(Cl)cccc1Cl.O=C=O.OC1(c2ccc(OCc3c(C4CC4)cnn3-c3c(Cl)cccc3Cl)cc2Cl)CN(c2ncccc2F)C1.OCc1c(C2CC2)cnn1-c1c(Cl)cccc1Cl.[C-]#[N+]c1cnc(N2CC(O)(c3ccc(OCc4c(C5CC5)cnn4-c4c(Cl)cccc4Cl)cc3Cl)C2)c(F)c1. The van der Waals surface area contributed by atoms with Crippen molar-refractivity contribution in [1.29, 1.82) is 0 Å². The van der Waals surface area contributed by atoms with Gasteiger partial charge in [0.2, 0.25) is 5.69 Å². The normalized spacial score (nSPS) is 15.5. The second-order valence-corrected chi connectivity index (χ2v) is 32.5. The first kappa shape index (κ1) is 83.0. The Labute approximate surface area is 713 Å². The molecule has 20 nitrogen and oxygen atoms in total. The third-order valence-electron chi connectivity index (χ3n) is 20.3. The molecule has 12 aromatic rings. The van der Waals surface area contributed by atoms with Crippen LogP contribution in [0.1, 0.15) is 131 Å². The van der Waals surface area contributed by atoms with Crippen molar-refractivity contribution in [2.75, 3.05) is 36.0 Å². The highest BCUT2D eigenvalue weighted by Crippen LogP contribution is 2.49. The van der Waals surface area contributed by atoms with E-state index in [1.54, 1.807) is 132 Å². The van der Waals surface area contributed by atoms with E-state index in [4.69, 9.17) is 153 Å². The fraction of sp³-hybridized carbons (Fsp3) is 0.268. The minimum Gasteiger partial charge on any atom is -0.487 e. The molecule has 0 bridgehead atoms. The van der Waals surface area contributed by atoms with Gasteiger partial charge in [0.25, 0.3) is 0 Å². The number of hydrogen-bond acceptors (Lipinski definition) is 15. The van der Waals surface area contributed by atoms with Crippen LogP contribution in [-0.4, -0.2) is 96.7 Å². The summed E-state index contributed by atoms with van der Waals surface area (Å²) in [5, 5.41) is 54.6. The lowest BCUT2D eigenvalue weighted by Gasteiger charge is -2.47. The first-order valence-corrected chi connectivity index (χ1v) is 40.4. The quantitative estimate of drug-likeness (QED) is 0.0477. The molecule has 2 aliphatic heterocycles. The van der Waals surface area contributed by atoms with Gasteiger partial charge in [-0.3, -0.25) is 0 Å². The highest BCUT2D eigenvalue weighted by atomic mass is 35.5. The van der Waals surface area contributed by atoms with Gasteiger partial charge < -0.3 is 34.6 Å². The van der Waals surface area contributed by atoms with Crippen molar-refractivity contribution in [2.45, 2.75) is 112 Å². The first-order chi connectivity index (χ1) is 55.5. The molecule has 0 amide bonds. The molecule has 2 saturated heterocycles. The molecule has 0 radical (unpaired) electrons. The van der Waals surface area contributed by atoms with Crippen molar-refractivity contribution in [3.8, 4) is 34.2 Å². The standard InChI is InChI=1S/C28H21Cl3FN5O2.C27H22Cl3FN4O2.C13H11Cl3N2.C13H12Cl2N2O.CO2/c1-33-17-9-24(32)27(34-11-17)36-14-28(38,15-36)20-8-7-18(10-23(20)31)39-13-25-19(16-5-6-16)12-35-37(25)26-21(29)3-2-4-22(26)30;28-20-3-1-4-21(29)25(20)35-24(18(12-33-35)16-6-7-16)13-37-17-8-9-19(22(30)11-17)27(36)14-34(15-27)26-23(31)5-2-10-32-26;14-6-12-9(8-4-5-8)7-17-18(12)13-10(15)2-1-3-11(13)16;14-10-2-1-3-11(15)13(10)17-12(7-18)9(6-16-17)8-4-5-8;2-1-3/h2-4,7-12,16,38H,5-6,13-15H2;1-5,8-12,16,36H,6-7,13-15H2;1-3,7-8H,4-6H2;1-3,6,8,18H,4-5,7H2;. The van der Waals surface area contributed by atoms with E-state index in [0.29, 0.717) is 125 Å². The number of halogens is 13. The number of rotatable bonds is 20. The van der Waals surface area contributed by atoms with Crippen molar-refractivity contribution >= 4 is 151 Å². The summed E-state index contributed by atoms with van der Waals surface area (Å²) >= 11 is 69.8. The molecule has 33 heteroatoms. The van der Waals surface area contributed by atoms with E-state index < -0.39 is 22.8 Å². The predicted octanol–water partition coefficient (Wildman–Crippen LogP) is 21.4. The lowest BCUT2D eigenvalue weighted by molar-refractivity contribution is -0.191. The summed E-state index contributed by atoms with van der Waals surface area (Å²) in [7, 11) is 0. The second kappa shape index (κ2) is 35.7. The number of nitrogens with zero attached hydrogens (tertiary/aromatic N) is 13. The molecular weight excluding hydrogens is 1710 g/mol. The van der Waals surface area contributed by atoms with Crippen LogP contribution in [0, 0.1) is 18.2 Å². The molecule has 8 heterocycles. The van der Waals surface area contributed by atoms with E-state index in [0.717, 1.165) is 84.1 Å². The van der Waals surface area contributed by atoms with Gasteiger partial charge >= 0.3 is 6.15 Å². The van der Waals surface area contributed by atoms with Crippen LogP contribution in [0.15, 0.2) is 165 Å². The zero-order valence-electron chi connectivity index (χ0n) is 60.4. The van der Waals surface area contributed by atoms with E-state index in [-0.39, 0.29) is 69.5 Å². The van der Waals surface area contributed by atoms with Crippen LogP contribution in [0.2, 0.25) is 50.2 Å². The number of β-amino-alcohol motifs (C(OH)–C–C–N with tert-alkyl or cyclic N) is 2. The third kappa shape index (κ3) is 18.1. The highest BCUT2D eigenvalue weighted by Gasteiger charge is 2.47. The Hall–Kier alpha value is -8.54. The molecule has 6 aliphatic rings. The molecule has 592 valence electrons. The number of hydrogen-bond donors (Lipinski definition) is 3. The molecule has 6 aromatic carbocycles. The van der Waals surface area contributed by atoms with E-state index in [2.05, 4.69) is 35.2 Å². The van der Waals surface area contributed by atoms with Crippen molar-refractivity contribution < 1.29 is 43.2 Å². The zero-order chi connectivity index (χ0) is 81.1. The number of aliphatic hydroxyl groups is 3. The average molecular weight is 1770 g/mol. The largest absolute Gasteiger partial charge is 0.487 e. The number of alkyl halides is 1. The first-order valence-electron chi connectivity index (χ1n) is 36.1. The number of aliphatic hydroxyl groups excluding tert-OH is 1. The van der Waals surface area contributed by atoms with E-state index in [1.165, 1.54) is 42.9 Å². The predicted molar refractivity (Wildman–Crippen MR) is 441 cm³/mol. The summed E-state index contributed by atoms with van der Waals surface area (Å²) in [5.74, 6) is 2.75. The van der Waals surface area contributed by atoms with Crippen LogP contribution in [0.5, 0.6) is 11.5 Å². The summed E-state index contributed by atoms with van der Waals surface area (Å²) in [6, 6.07) is 35.7. The Bertz CT molecular complexity index is 5500. The van der Waals surface area contributed by atoms with Crippen LogP contribution in [-0.2, 0) is 46.5 Å². The summed E-state index contributed by atoms with van der Waals surface area (Å²) in [6.45, 7) is 7.96. The van der Waals surface area contributed by atoms with Gasteiger partial charge in [-0.25, -0.2) is 42.3 Å². The summed E-state index contributed by atoms with van der Waals surface area (Å²) in [6.07, 6.45) is 19.6. The smallest absolute Gasteiger partial charge is 0.373 e. The lowest BCUT2D eigenvalue weighted by Crippen LogP contribution is -2.60. The monoisotopic (exact) mass is 1770 g/mol. The number of para-hydroxylation sites is 4. The highest BCUT2D eigenvalue weighted by molar-refractivity contribution is 6.39. The molecule has 4 saturated carbocycles. The van der Waals surface area contributed by atoms with Gasteiger partial charge in [0.15, 0.2) is 23.3 Å². The van der Waals surface area contributed by atoms with E-state index >= 15 is 0 Å². The Morgan fingerprint density at radius 3 is 1.09 bits per heavy atom. The number of carbonyl (C=O) groups excluding carboxylic acids is 2. The minimum absolute atomic E-state index is 0.0621. The zero-order valence-corrected chi connectivity index (χ0v) is 68.7. The van der Waals surface area contributed by atoms with Gasteiger partial charge in [0, 0.05) is 34.6 Å². The fourth-order valence-corrected chi connectivity index (χ4v) is 17.2. The topological polar surface area (TPSA) is 221 Å². The Morgan fingerprint density at radius 1 is 0.443 bits per heavy atom. The molecule has 0 atom stereocenters. The van der Waals surface area contributed by atoms with Crippen LogP contribution in [0.4, 0.5) is 26.1 Å². The Balaban J connectivity index is 0.000000132. The van der Waals surface area contributed by atoms with Gasteiger partial charge in [-0.15, -0.1) is 11.6 Å². The molecule has 4 aliphatic carbocycles. The number of ether oxygens (including phenoxy) is 2. The van der Waals surface area contributed by atoms with Gasteiger partial charge in [0.05, 0.1) is 143 Å². The van der Waals surface area contributed by atoms with Crippen LogP contribution >= 0.6 is 128 Å². The fourth-order valence-electron chi connectivity index (χ4n) is 14.0. The number of benzene rings is 6. The van der Waals surface area contributed by atoms with Crippen LogP contribution < -0.4 is 19.3 Å². The minimum atomic E-state index is -1.28. The molecule has 0 unspecified atom stereocenters. The maximum Gasteiger partial charge on any atom is 0.373 e. The van der Waals surface area contributed by atoms with Crippen molar-refractivity contribution in [3.05, 3.63) is 294 Å².